The molecule has 0 saturated carbocycles. The normalized spacial score (nSPS) is 12.6. The summed E-state index contributed by atoms with van der Waals surface area (Å²) in [5, 5.41) is 4.43. The van der Waals surface area contributed by atoms with Gasteiger partial charge in [0, 0.05) is 14.8 Å². The largest absolute Gasteiger partial charge is 0.306 e. The maximum absolute atomic E-state index is 5.98. The molecule has 1 aromatic carbocycles. The smallest absolute Gasteiger partial charge is 0.0587 e. The molecule has 0 saturated heterocycles. The van der Waals surface area contributed by atoms with Crippen molar-refractivity contribution in [3.63, 3.8) is 0 Å². The van der Waals surface area contributed by atoms with Crippen LogP contribution in [-0.2, 0) is 0 Å². The van der Waals surface area contributed by atoms with Crippen LogP contribution < -0.4 is 5.32 Å². The van der Waals surface area contributed by atoms with Gasteiger partial charge in [-0.3, -0.25) is 0 Å². The van der Waals surface area contributed by atoms with E-state index in [1.165, 1.54) is 20.9 Å². The average molecular weight is 294 g/mol. The number of aryl methyl sites for hydroxylation is 2. The summed E-state index contributed by atoms with van der Waals surface area (Å²) < 4.78 is 0. The molecule has 3 heteroatoms. The fraction of sp³-hybridized carbons (Fsp3) is 0.375. The summed E-state index contributed by atoms with van der Waals surface area (Å²) >= 11 is 7.85. The second-order valence-electron chi connectivity index (χ2n) is 4.81. The Balaban J connectivity index is 2.35. The van der Waals surface area contributed by atoms with E-state index >= 15 is 0 Å². The van der Waals surface area contributed by atoms with E-state index in [2.05, 4.69) is 44.3 Å². The fourth-order valence-corrected chi connectivity index (χ4v) is 3.38. The standard InChI is InChI=1S/C16H20ClNS/c1-4-9-18-16(13-5-7-14(17)8-6-13)15-10-11(2)19-12(15)3/h5-8,10,16,18H,4,9H2,1-3H3. The SMILES string of the molecule is CCCNC(c1ccc(Cl)cc1)c1cc(C)sc1C. The zero-order chi connectivity index (χ0) is 13.8. The molecule has 0 spiro atoms. The lowest BCUT2D eigenvalue weighted by Gasteiger charge is -2.19. The zero-order valence-electron chi connectivity index (χ0n) is 11.7. The average Bonchev–Trinajstić information content (AvgIpc) is 2.71. The Morgan fingerprint density at radius 2 is 1.89 bits per heavy atom. The Morgan fingerprint density at radius 1 is 1.21 bits per heavy atom. The summed E-state index contributed by atoms with van der Waals surface area (Å²) in [4.78, 5) is 2.76. The number of hydrogen-bond acceptors (Lipinski definition) is 2. The molecule has 1 nitrogen and oxygen atoms in total. The minimum absolute atomic E-state index is 0.266. The molecule has 0 fully saturated rings. The minimum Gasteiger partial charge on any atom is -0.306 e. The van der Waals surface area contributed by atoms with Crippen LogP contribution >= 0.6 is 22.9 Å². The molecule has 1 unspecified atom stereocenters. The van der Waals surface area contributed by atoms with E-state index in [0.29, 0.717) is 0 Å². The molecule has 19 heavy (non-hydrogen) atoms. The van der Waals surface area contributed by atoms with Crippen LogP contribution in [0.25, 0.3) is 0 Å². The molecule has 2 aromatic rings. The van der Waals surface area contributed by atoms with Gasteiger partial charge in [-0.1, -0.05) is 30.7 Å². The van der Waals surface area contributed by atoms with Gasteiger partial charge in [0.05, 0.1) is 6.04 Å². The van der Waals surface area contributed by atoms with Crippen molar-refractivity contribution in [3.8, 4) is 0 Å². The van der Waals surface area contributed by atoms with Gasteiger partial charge in [-0.15, -0.1) is 11.3 Å². The molecule has 102 valence electrons. The summed E-state index contributed by atoms with van der Waals surface area (Å²) in [6.07, 6.45) is 1.13. The van der Waals surface area contributed by atoms with Gasteiger partial charge in [0.1, 0.15) is 0 Å². The van der Waals surface area contributed by atoms with Crippen molar-refractivity contribution < 1.29 is 0 Å². The molecule has 0 radical (unpaired) electrons. The van der Waals surface area contributed by atoms with Crippen molar-refractivity contribution in [2.24, 2.45) is 0 Å². The quantitative estimate of drug-likeness (QED) is 0.808. The van der Waals surface area contributed by atoms with Crippen molar-refractivity contribution in [2.75, 3.05) is 6.54 Å². The Bertz CT molecular complexity index is 530. The molecule has 1 N–H and O–H groups in total. The Hall–Kier alpha value is -0.830. The molecule has 1 heterocycles. The molecule has 0 bridgehead atoms. The molecular formula is C16H20ClNS. The van der Waals surface area contributed by atoms with Crippen molar-refractivity contribution in [1.82, 2.24) is 5.32 Å². The second-order valence-corrected chi connectivity index (χ2v) is 6.70. The summed E-state index contributed by atoms with van der Waals surface area (Å²) in [5.74, 6) is 0. The molecule has 0 aliphatic carbocycles. The summed E-state index contributed by atoms with van der Waals surface area (Å²) in [7, 11) is 0. The molecule has 0 amide bonds. The molecule has 0 aliphatic heterocycles. The van der Waals surface area contributed by atoms with Crippen molar-refractivity contribution >= 4 is 22.9 Å². The molecule has 1 aromatic heterocycles. The number of rotatable bonds is 5. The third kappa shape index (κ3) is 3.59. The lowest BCUT2D eigenvalue weighted by molar-refractivity contribution is 0.598. The van der Waals surface area contributed by atoms with Crippen molar-refractivity contribution in [3.05, 3.63) is 56.2 Å². The number of hydrogen-bond donors (Lipinski definition) is 1. The Labute approximate surface area is 124 Å². The van der Waals surface area contributed by atoms with Crippen LogP contribution in [0.2, 0.25) is 5.02 Å². The van der Waals surface area contributed by atoms with E-state index in [9.17, 15) is 0 Å². The maximum atomic E-state index is 5.98. The second kappa shape index (κ2) is 6.56. The van der Waals surface area contributed by atoms with E-state index in [4.69, 9.17) is 11.6 Å². The third-order valence-electron chi connectivity index (χ3n) is 3.19. The Kier molecular flexibility index (Phi) is 5.03. The van der Waals surface area contributed by atoms with Gasteiger partial charge in [0.25, 0.3) is 0 Å². The van der Waals surface area contributed by atoms with E-state index in [1.54, 1.807) is 0 Å². The highest BCUT2D eigenvalue weighted by Gasteiger charge is 2.17. The number of halogens is 1. The molecular weight excluding hydrogens is 274 g/mol. The van der Waals surface area contributed by atoms with Gasteiger partial charge in [-0.05, 0) is 56.1 Å². The maximum Gasteiger partial charge on any atom is 0.0587 e. The van der Waals surface area contributed by atoms with Gasteiger partial charge in [0.15, 0.2) is 0 Å². The van der Waals surface area contributed by atoms with Crippen LogP contribution in [0.15, 0.2) is 30.3 Å². The van der Waals surface area contributed by atoms with Gasteiger partial charge in [-0.2, -0.15) is 0 Å². The van der Waals surface area contributed by atoms with Crippen LogP contribution in [0.4, 0.5) is 0 Å². The van der Waals surface area contributed by atoms with Gasteiger partial charge in [0.2, 0.25) is 0 Å². The summed E-state index contributed by atoms with van der Waals surface area (Å²) in [5.41, 5.74) is 2.66. The predicted octanol–water partition coefficient (Wildman–Crippen LogP) is 5.11. The van der Waals surface area contributed by atoms with Crippen molar-refractivity contribution in [1.29, 1.82) is 0 Å². The highest BCUT2D eigenvalue weighted by molar-refractivity contribution is 7.12. The highest BCUT2D eigenvalue weighted by Crippen LogP contribution is 2.31. The van der Waals surface area contributed by atoms with E-state index in [1.807, 2.05) is 23.5 Å². The number of thiophene rings is 1. The van der Waals surface area contributed by atoms with Gasteiger partial charge >= 0.3 is 0 Å². The van der Waals surface area contributed by atoms with E-state index in [0.717, 1.165) is 18.0 Å². The fourth-order valence-electron chi connectivity index (χ4n) is 2.29. The topological polar surface area (TPSA) is 12.0 Å². The molecule has 2 rings (SSSR count). The minimum atomic E-state index is 0.266. The predicted molar refractivity (Wildman–Crippen MR) is 85.4 cm³/mol. The monoisotopic (exact) mass is 293 g/mol. The van der Waals surface area contributed by atoms with Crippen LogP contribution in [0.1, 0.15) is 40.3 Å². The van der Waals surface area contributed by atoms with Crippen LogP contribution in [0.3, 0.4) is 0 Å². The lowest BCUT2D eigenvalue weighted by atomic mass is 9.99. The van der Waals surface area contributed by atoms with E-state index in [-0.39, 0.29) is 6.04 Å². The molecule has 0 aliphatic rings. The zero-order valence-corrected chi connectivity index (χ0v) is 13.2. The van der Waals surface area contributed by atoms with Gasteiger partial charge < -0.3 is 5.32 Å². The first-order valence-electron chi connectivity index (χ1n) is 6.67. The first kappa shape index (κ1) is 14.6. The highest BCUT2D eigenvalue weighted by atomic mass is 35.5. The van der Waals surface area contributed by atoms with E-state index < -0.39 is 0 Å². The Morgan fingerprint density at radius 3 is 2.42 bits per heavy atom. The number of benzene rings is 1. The van der Waals surface area contributed by atoms with Crippen LogP contribution in [-0.4, -0.2) is 6.54 Å². The lowest BCUT2D eigenvalue weighted by Crippen LogP contribution is -2.23. The first-order chi connectivity index (χ1) is 9.11. The van der Waals surface area contributed by atoms with Crippen molar-refractivity contribution in [2.45, 2.75) is 33.2 Å². The first-order valence-corrected chi connectivity index (χ1v) is 7.87. The number of nitrogens with one attached hydrogen (secondary N) is 1. The third-order valence-corrected chi connectivity index (χ3v) is 4.43. The summed E-state index contributed by atoms with van der Waals surface area (Å²) in [6.45, 7) is 7.57. The summed E-state index contributed by atoms with van der Waals surface area (Å²) in [6, 6.07) is 10.7. The van der Waals surface area contributed by atoms with Gasteiger partial charge in [-0.25, -0.2) is 0 Å². The van der Waals surface area contributed by atoms with Crippen LogP contribution in [0.5, 0.6) is 0 Å². The molecule has 1 atom stereocenters. The van der Waals surface area contributed by atoms with Crippen LogP contribution in [0, 0.1) is 13.8 Å².